The molecule has 0 saturated carbocycles. The maximum atomic E-state index is 13.1. The van der Waals surface area contributed by atoms with Crippen molar-refractivity contribution in [2.24, 2.45) is 0 Å². The summed E-state index contributed by atoms with van der Waals surface area (Å²) in [5.74, 6) is 0.460. The Balaban J connectivity index is 1.94. The molecule has 0 aromatic heterocycles. The van der Waals surface area contributed by atoms with Gasteiger partial charge in [0.2, 0.25) is 11.8 Å². The molecule has 7 heteroatoms. The molecular weight excluding hydrogens is 375 g/mol. The summed E-state index contributed by atoms with van der Waals surface area (Å²) in [4.78, 5) is 26.0. The first-order valence-corrected chi connectivity index (χ1v) is 9.36. The van der Waals surface area contributed by atoms with Gasteiger partial charge < -0.3 is 19.7 Å². The van der Waals surface area contributed by atoms with Crippen molar-refractivity contribution in [1.82, 2.24) is 10.2 Å². The van der Waals surface area contributed by atoms with Gasteiger partial charge in [-0.05, 0) is 48.7 Å². The lowest BCUT2D eigenvalue weighted by Crippen LogP contribution is -2.47. The van der Waals surface area contributed by atoms with Gasteiger partial charge in [-0.15, -0.1) is 0 Å². The van der Waals surface area contributed by atoms with Crippen molar-refractivity contribution in [2.75, 3.05) is 20.8 Å². The minimum absolute atomic E-state index is 0.225. The molecule has 0 spiro atoms. The van der Waals surface area contributed by atoms with E-state index in [1.807, 2.05) is 18.2 Å². The number of benzene rings is 2. The number of hydrogen-bond acceptors (Lipinski definition) is 4. The third-order valence-electron chi connectivity index (χ3n) is 4.68. The zero-order valence-corrected chi connectivity index (χ0v) is 17.2. The summed E-state index contributed by atoms with van der Waals surface area (Å²) in [5.41, 5.74) is 1.75. The van der Waals surface area contributed by atoms with E-state index in [9.17, 15) is 14.0 Å². The maximum Gasteiger partial charge on any atom is 0.242 e. The fourth-order valence-corrected chi connectivity index (χ4v) is 2.96. The summed E-state index contributed by atoms with van der Waals surface area (Å²) in [5, 5.41) is 2.86. The van der Waals surface area contributed by atoms with Crippen molar-refractivity contribution in [3.05, 3.63) is 59.4 Å². The van der Waals surface area contributed by atoms with Crippen molar-refractivity contribution < 1.29 is 23.5 Å². The van der Waals surface area contributed by atoms with Crippen molar-refractivity contribution in [3.63, 3.8) is 0 Å². The van der Waals surface area contributed by atoms with Crippen LogP contribution in [-0.2, 0) is 22.6 Å². The van der Waals surface area contributed by atoms with E-state index in [-0.39, 0.29) is 24.2 Å². The van der Waals surface area contributed by atoms with Crippen LogP contribution in [0.1, 0.15) is 25.0 Å². The molecule has 0 aliphatic heterocycles. The maximum absolute atomic E-state index is 13.1. The van der Waals surface area contributed by atoms with Gasteiger partial charge in [-0.1, -0.05) is 18.2 Å². The molecule has 1 atom stereocenters. The fraction of sp³-hybridized carbons (Fsp3) is 0.364. The summed E-state index contributed by atoms with van der Waals surface area (Å²) >= 11 is 0. The summed E-state index contributed by atoms with van der Waals surface area (Å²) in [7, 11) is 3.15. The van der Waals surface area contributed by atoms with E-state index in [4.69, 9.17) is 9.47 Å². The van der Waals surface area contributed by atoms with E-state index in [0.717, 1.165) is 11.1 Å². The van der Waals surface area contributed by atoms with Gasteiger partial charge >= 0.3 is 0 Å². The molecule has 1 unspecified atom stereocenters. The number of hydrogen-bond donors (Lipinski definition) is 1. The summed E-state index contributed by atoms with van der Waals surface area (Å²) in [6.07, 6.45) is 0.608. The van der Waals surface area contributed by atoms with Gasteiger partial charge in [0.15, 0.2) is 11.5 Å². The Labute approximate surface area is 170 Å². The number of carbonyl (C=O) groups excluding carboxylic acids is 2. The Morgan fingerprint density at radius 3 is 2.24 bits per heavy atom. The summed E-state index contributed by atoms with van der Waals surface area (Å²) in [6.45, 7) is 3.74. The molecule has 0 fully saturated rings. The van der Waals surface area contributed by atoms with Gasteiger partial charge in [0, 0.05) is 20.0 Å². The predicted molar refractivity (Wildman–Crippen MR) is 108 cm³/mol. The number of carbonyl (C=O) groups is 2. The molecule has 0 bridgehead atoms. The highest BCUT2D eigenvalue weighted by molar-refractivity contribution is 5.86. The van der Waals surface area contributed by atoms with Crippen LogP contribution in [0.4, 0.5) is 4.39 Å². The van der Waals surface area contributed by atoms with Crippen LogP contribution in [0.15, 0.2) is 42.5 Å². The standard InChI is InChI=1S/C22H27FN2O4/c1-15(25(16(2)26)14-18-5-8-19(23)9-6-18)22(27)24-12-11-17-7-10-20(28-3)21(13-17)29-4/h5-10,13,15H,11-12,14H2,1-4H3,(H,24,27). The Bertz CT molecular complexity index is 839. The van der Waals surface area contributed by atoms with Gasteiger partial charge in [-0.3, -0.25) is 9.59 Å². The van der Waals surface area contributed by atoms with Gasteiger partial charge in [0.05, 0.1) is 14.2 Å². The van der Waals surface area contributed by atoms with Crippen molar-refractivity contribution in [2.45, 2.75) is 32.9 Å². The zero-order valence-electron chi connectivity index (χ0n) is 17.2. The van der Waals surface area contributed by atoms with Crippen molar-refractivity contribution in [3.8, 4) is 11.5 Å². The molecule has 0 heterocycles. The largest absolute Gasteiger partial charge is 0.493 e. The molecule has 2 rings (SSSR count). The molecular formula is C22H27FN2O4. The second-order valence-electron chi connectivity index (χ2n) is 6.68. The molecule has 0 radical (unpaired) electrons. The van der Waals surface area contributed by atoms with Crippen molar-refractivity contribution >= 4 is 11.8 Å². The second-order valence-corrected chi connectivity index (χ2v) is 6.68. The summed E-state index contributed by atoms with van der Waals surface area (Å²) in [6, 6.07) is 10.8. The monoisotopic (exact) mass is 402 g/mol. The van der Waals surface area contributed by atoms with E-state index >= 15 is 0 Å². The highest BCUT2D eigenvalue weighted by atomic mass is 19.1. The van der Waals surface area contributed by atoms with Gasteiger partial charge in [-0.2, -0.15) is 0 Å². The van der Waals surface area contributed by atoms with E-state index < -0.39 is 6.04 Å². The topological polar surface area (TPSA) is 67.9 Å². The van der Waals surface area contributed by atoms with Crippen LogP contribution in [0.5, 0.6) is 11.5 Å². The first-order valence-electron chi connectivity index (χ1n) is 9.36. The van der Waals surface area contributed by atoms with Crippen LogP contribution in [-0.4, -0.2) is 43.5 Å². The third kappa shape index (κ3) is 6.20. The van der Waals surface area contributed by atoms with Crippen LogP contribution in [0, 0.1) is 5.82 Å². The molecule has 0 aliphatic carbocycles. The molecule has 2 aromatic rings. The molecule has 6 nitrogen and oxygen atoms in total. The van der Waals surface area contributed by atoms with Crippen LogP contribution in [0.2, 0.25) is 0 Å². The SMILES string of the molecule is COc1ccc(CCNC(=O)C(C)N(Cc2ccc(F)cc2)C(C)=O)cc1OC. The van der Waals surface area contributed by atoms with E-state index in [0.29, 0.717) is 24.5 Å². The molecule has 2 amide bonds. The van der Waals surface area contributed by atoms with E-state index in [1.54, 1.807) is 33.3 Å². The summed E-state index contributed by atoms with van der Waals surface area (Å²) < 4.78 is 23.6. The predicted octanol–water partition coefficient (Wildman–Crippen LogP) is 2.94. The number of methoxy groups -OCH3 is 2. The van der Waals surface area contributed by atoms with Gasteiger partial charge in [0.25, 0.3) is 0 Å². The number of nitrogens with one attached hydrogen (secondary N) is 1. The highest BCUT2D eigenvalue weighted by Crippen LogP contribution is 2.27. The number of ether oxygens (including phenoxy) is 2. The molecule has 2 aromatic carbocycles. The Morgan fingerprint density at radius 1 is 1.03 bits per heavy atom. The minimum Gasteiger partial charge on any atom is -0.493 e. The Morgan fingerprint density at radius 2 is 1.66 bits per heavy atom. The average molecular weight is 402 g/mol. The zero-order chi connectivity index (χ0) is 21.4. The third-order valence-corrected chi connectivity index (χ3v) is 4.68. The quantitative estimate of drug-likeness (QED) is 0.700. The smallest absolute Gasteiger partial charge is 0.242 e. The van der Waals surface area contributed by atoms with Gasteiger partial charge in [-0.25, -0.2) is 4.39 Å². The molecule has 0 aliphatic rings. The van der Waals surface area contributed by atoms with Crippen LogP contribution < -0.4 is 14.8 Å². The first kappa shape index (κ1) is 22.2. The Kier molecular flexibility index (Phi) is 8.00. The average Bonchev–Trinajstić information content (AvgIpc) is 2.72. The fourth-order valence-electron chi connectivity index (χ4n) is 2.96. The van der Waals surface area contributed by atoms with Gasteiger partial charge in [0.1, 0.15) is 11.9 Å². The second kappa shape index (κ2) is 10.5. The van der Waals surface area contributed by atoms with Crippen LogP contribution >= 0.6 is 0 Å². The molecule has 0 saturated heterocycles. The lowest BCUT2D eigenvalue weighted by Gasteiger charge is -2.27. The Hall–Kier alpha value is -3.09. The van der Waals surface area contributed by atoms with Crippen LogP contribution in [0.3, 0.4) is 0 Å². The van der Waals surface area contributed by atoms with E-state index in [2.05, 4.69) is 5.32 Å². The van der Waals surface area contributed by atoms with E-state index in [1.165, 1.54) is 24.0 Å². The molecule has 29 heavy (non-hydrogen) atoms. The number of nitrogens with zero attached hydrogens (tertiary/aromatic N) is 1. The molecule has 156 valence electrons. The molecule has 1 N–H and O–H groups in total. The minimum atomic E-state index is -0.650. The highest BCUT2D eigenvalue weighted by Gasteiger charge is 2.23. The van der Waals surface area contributed by atoms with Crippen LogP contribution in [0.25, 0.3) is 0 Å². The lowest BCUT2D eigenvalue weighted by molar-refractivity contribution is -0.138. The number of halogens is 1. The number of amides is 2. The number of rotatable bonds is 9. The first-order chi connectivity index (χ1) is 13.8. The normalized spacial score (nSPS) is 11.5. The lowest BCUT2D eigenvalue weighted by atomic mass is 10.1. The van der Waals surface area contributed by atoms with Crippen molar-refractivity contribution in [1.29, 1.82) is 0 Å².